The van der Waals surface area contributed by atoms with Crippen LogP contribution in [0.5, 0.6) is 0 Å². The first-order valence-electron chi connectivity index (χ1n) is 20.3. The first-order valence-corrected chi connectivity index (χ1v) is 20.3. The van der Waals surface area contributed by atoms with Gasteiger partial charge in [-0.1, -0.05) is 265 Å². The number of hydrogen-bond donors (Lipinski definition) is 0. The van der Waals surface area contributed by atoms with Crippen molar-refractivity contribution in [1.82, 2.24) is 0 Å². The van der Waals surface area contributed by atoms with Crippen molar-refractivity contribution >= 4 is 0 Å². The van der Waals surface area contributed by atoms with E-state index in [-0.39, 0.29) is 0 Å². The molecule has 0 heterocycles. The number of unbranched alkanes of at least 4 members (excludes halogenated alkanes) is 35. The molecule has 0 radical (unpaired) electrons. The summed E-state index contributed by atoms with van der Waals surface area (Å²) in [5.74, 6) is 0. The van der Waals surface area contributed by atoms with E-state index in [2.05, 4.69) is 27.7 Å². The molecule has 250 valence electrons. The van der Waals surface area contributed by atoms with Crippen molar-refractivity contribution in [3.63, 3.8) is 0 Å². The van der Waals surface area contributed by atoms with Crippen LogP contribution in [0.1, 0.15) is 265 Å². The van der Waals surface area contributed by atoms with Gasteiger partial charge in [0.25, 0.3) is 0 Å². The summed E-state index contributed by atoms with van der Waals surface area (Å²) in [5.41, 5.74) is 0. The second kappa shape index (κ2) is 44.4. The maximum atomic E-state index is 2.30. The SMILES string of the molecule is CCCCCCCCCCCCCCCCCCCC.CCCCCCCCCCCCCCCCCCCCC. The minimum Gasteiger partial charge on any atom is -0.0654 e. The Bertz CT molecular complexity index is 349. The normalized spacial score (nSPS) is 11.1. The number of rotatable bonds is 35. The lowest BCUT2D eigenvalue weighted by atomic mass is 10.0. The Hall–Kier alpha value is 0. The molecule has 0 aromatic carbocycles. The van der Waals surface area contributed by atoms with Gasteiger partial charge in [-0.15, -0.1) is 0 Å². The molecule has 0 fully saturated rings. The third-order valence-corrected chi connectivity index (χ3v) is 9.16. The highest BCUT2D eigenvalue weighted by Gasteiger charge is 1.96. The van der Waals surface area contributed by atoms with E-state index in [1.807, 2.05) is 0 Å². The van der Waals surface area contributed by atoms with Crippen LogP contribution >= 0.6 is 0 Å². The van der Waals surface area contributed by atoms with Crippen LogP contribution in [-0.4, -0.2) is 0 Å². The Morgan fingerprint density at radius 3 is 0.268 bits per heavy atom. The van der Waals surface area contributed by atoms with Crippen molar-refractivity contribution in [3.8, 4) is 0 Å². The van der Waals surface area contributed by atoms with Crippen molar-refractivity contribution in [2.45, 2.75) is 265 Å². The molecule has 0 heteroatoms. The van der Waals surface area contributed by atoms with Gasteiger partial charge in [-0.05, 0) is 0 Å². The molecule has 0 aromatic rings. The molecule has 0 spiro atoms. The van der Waals surface area contributed by atoms with E-state index >= 15 is 0 Å². The third kappa shape index (κ3) is 47.2. The van der Waals surface area contributed by atoms with Crippen LogP contribution in [0, 0.1) is 0 Å². The standard InChI is InChI=1S/C21H44.C20H42/c1-3-5-7-9-11-13-15-17-19-21-20-18-16-14-12-10-8-6-4-2;1-3-5-7-9-11-13-15-17-19-20-18-16-14-12-10-8-6-4-2/h3-21H2,1-2H3;3-20H2,1-2H3. The number of hydrogen-bond acceptors (Lipinski definition) is 0. The Morgan fingerprint density at radius 1 is 0.122 bits per heavy atom. The monoisotopic (exact) mass is 579 g/mol. The topological polar surface area (TPSA) is 0 Å². The van der Waals surface area contributed by atoms with Crippen molar-refractivity contribution in [3.05, 3.63) is 0 Å². The fraction of sp³-hybridized carbons (Fsp3) is 1.00. The van der Waals surface area contributed by atoms with Gasteiger partial charge < -0.3 is 0 Å². The van der Waals surface area contributed by atoms with E-state index in [4.69, 9.17) is 0 Å². The minimum atomic E-state index is 1.37. The molecule has 0 amide bonds. The molecule has 0 saturated carbocycles. The largest absolute Gasteiger partial charge is 0.0654 e. The lowest BCUT2D eigenvalue weighted by Gasteiger charge is -2.03. The lowest BCUT2D eigenvalue weighted by Crippen LogP contribution is -1.83. The van der Waals surface area contributed by atoms with Gasteiger partial charge in [0.2, 0.25) is 0 Å². The van der Waals surface area contributed by atoms with Gasteiger partial charge >= 0.3 is 0 Å². The van der Waals surface area contributed by atoms with Gasteiger partial charge in [-0.25, -0.2) is 0 Å². The molecule has 0 aromatic heterocycles. The zero-order valence-electron chi connectivity index (χ0n) is 30.2. The first-order chi connectivity index (χ1) is 20.3. The second-order valence-electron chi connectivity index (χ2n) is 13.7. The van der Waals surface area contributed by atoms with Crippen molar-refractivity contribution in [1.29, 1.82) is 0 Å². The summed E-state index contributed by atoms with van der Waals surface area (Å²) in [6.45, 7) is 9.19. The molecule has 0 unspecified atom stereocenters. The van der Waals surface area contributed by atoms with Crippen LogP contribution in [0.25, 0.3) is 0 Å². The fourth-order valence-corrected chi connectivity index (χ4v) is 6.13. The van der Waals surface area contributed by atoms with Gasteiger partial charge in [0, 0.05) is 0 Å². The van der Waals surface area contributed by atoms with E-state index in [9.17, 15) is 0 Å². The molecular formula is C41H86. The average molecular weight is 579 g/mol. The summed E-state index contributed by atoms with van der Waals surface area (Å²) in [4.78, 5) is 0. The third-order valence-electron chi connectivity index (χ3n) is 9.16. The molecule has 0 rings (SSSR count). The first kappa shape index (κ1) is 43.1. The summed E-state index contributed by atoms with van der Waals surface area (Å²) in [7, 11) is 0. The average Bonchev–Trinajstić information content (AvgIpc) is 2.99. The van der Waals surface area contributed by atoms with E-state index < -0.39 is 0 Å². The zero-order valence-corrected chi connectivity index (χ0v) is 30.2. The quantitative estimate of drug-likeness (QED) is 0.0656. The van der Waals surface area contributed by atoms with Gasteiger partial charge in [-0.2, -0.15) is 0 Å². The molecule has 0 saturated heterocycles. The van der Waals surface area contributed by atoms with Crippen LogP contribution in [0.3, 0.4) is 0 Å². The van der Waals surface area contributed by atoms with Crippen LogP contribution in [-0.2, 0) is 0 Å². The predicted octanol–water partition coefficient (Wildman–Crippen LogP) is 16.5. The molecule has 0 atom stereocenters. The molecular weight excluding hydrogens is 492 g/mol. The van der Waals surface area contributed by atoms with Gasteiger partial charge in [0.05, 0.1) is 0 Å². The summed E-state index contributed by atoms with van der Waals surface area (Å²) in [6, 6.07) is 0. The second-order valence-corrected chi connectivity index (χ2v) is 13.7. The Morgan fingerprint density at radius 2 is 0.195 bits per heavy atom. The van der Waals surface area contributed by atoms with Gasteiger partial charge in [-0.3, -0.25) is 0 Å². The maximum absolute atomic E-state index is 2.30. The zero-order chi connectivity index (χ0) is 30.2. The highest BCUT2D eigenvalue weighted by atomic mass is 14.0. The molecule has 41 heavy (non-hydrogen) atoms. The van der Waals surface area contributed by atoms with Crippen LogP contribution in [0.2, 0.25) is 0 Å². The summed E-state index contributed by atoms with van der Waals surface area (Å²) < 4.78 is 0. The molecule has 0 aliphatic carbocycles. The Kier molecular flexibility index (Phi) is 46.7. The minimum absolute atomic E-state index is 1.37. The molecule has 0 aliphatic heterocycles. The maximum Gasteiger partial charge on any atom is -0.0533 e. The molecule has 0 N–H and O–H groups in total. The van der Waals surface area contributed by atoms with Crippen molar-refractivity contribution in [2.75, 3.05) is 0 Å². The molecule has 0 aliphatic rings. The molecule has 0 nitrogen and oxygen atoms in total. The fourth-order valence-electron chi connectivity index (χ4n) is 6.13. The summed E-state index contributed by atoms with van der Waals surface area (Å²) in [5, 5.41) is 0. The van der Waals surface area contributed by atoms with E-state index in [1.54, 1.807) is 0 Å². The van der Waals surface area contributed by atoms with Crippen LogP contribution < -0.4 is 0 Å². The smallest absolute Gasteiger partial charge is 0.0533 e. The summed E-state index contributed by atoms with van der Waals surface area (Å²) in [6.07, 6.45) is 54.3. The molecule has 0 bridgehead atoms. The van der Waals surface area contributed by atoms with Crippen molar-refractivity contribution < 1.29 is 0 Å². The lowest BCUT2D eigenvalue weighted by molar-refractivity contribution is 0.524. The van der Waals surface area contributed by atoms with E-state index in [0.29, 0.717) is 0 Å². The van der Waals surface area contributed by atoms with Gasteiger partial charge in [0.15, 0.2) is 0 Å². The van der Waals surface area contributed by atoms with Crippen LogP contribution in [0.15, 0.2) is 0 Å². The highest BCUT2D eigenvalue weighted by Crippen LogP contribution is 2.16. The Labute approximate surface area is 264 Å². The van der Waals surface area contributed by atoms with Crippen molar-refractivity contribution in [2.24, 2.45) is 0 Å². The highest BCUT2D eigenvalue weighted by molar-refractivity contribution is 4.51. The summed E-state index contributed by atoms with van der Waals surface area (Å²) >= 11 is 0. The van der Waals surface area contributed by atoms with E-state index in [0.717, 1.165) is 0 Å². The predicted molar refractivity (Wildman–Crippen MR) is 194 cm³/mol. The van der Waals surface area contributed by atoms with Gasteiger partial charge in [0.1, 0.15) is 0 Å². The van der Waals surface area contributed by atoms with Crippen LogP contribution in [0.4, 0.5) is 0 Å². The van der Waals surface area contributed by atoms with E-state index in [1.165, 1.54) is 238 Å². The Balaban J connectivity index is 0.